The summed E-state index contributed by atoms with van der Waals surface area (Å²) in [6.45, 7) is 1.29. The van der Waals surface area contributed by atoms with Gasteiger partial charge in [0.2, 0.25) is 0 Å². The molecule has 2 heterocycles. The van der Waals surface area contributed by atoms with Crippen molar-refractivity contribution >= 4 is 28.7 Å². The van der Waals surface area contributed by atoms with Crippen molar-refractivity contribution in [2.24, 2.45) is 11.8 Å². The molecule has 8 heteroatoms. The molecule has 5 nitrogen and oxygen atoms in total. The van der Waals surface area contributed by atoms with E-state index in [1.807, 2.05) is 34.5 Å². The Morgan fingerprint density at radius 1 is 1.14 bits per heavy atom. The van der Waals surface area contributed by atoms with E-state index in [1.165, 1.54) is 23.5 Å². The van der Waals surface area contributed by atoms with Gasteiger partial charge in [-0.15, -0.1) is 11.3 Å². The minimum Gasteiger partial charge on any atom is -0.368 e. The second-order valence-electron chi connectivity index (χ2n) is 7.34. The fraction of sp³-hybridized carbons (Fsp3) is 0.238. The number of fused-ring (bicyclic) bond motifs is 1. The van der Waals surface area contributed by atoms with Crippen LogP contribution in [0.3, 0.4) is 0 Å². The zero-order chi connectivity index (χ0) is 20.0. The Morgan fingerprint density at radius 3 is 2.66 bits per heavy atom. The van der Waals surface area contributed by atoms with Crippen LogP contribution in [0.1, 0.15) is 0 Å². The molecule has 2 aliphatic rings. The van der Waals surface area contributed by atoms with Crippen LogP contribution in [0.25, 0.3) is 10.6 Å². The van der Waals surface area contributed by atoms with Crippen LogP contribution in [-0.2, 0) is 0 Å². The largest absolute Gasteiger partial charge is 0.368 e. The van der Waals surface area contributed by atoms with Gasteiger partial charge in [0, 0.05) is 54.2 Å². The van der Waals surface area contributed by atoms with Crippen molar-refractivity contribution < 1.29 is 13.6 Å². The number of thiazole rings is 1. The molecule has 3 aromatic rings. The summed E-state index contributed by atoms with van der Waals surface area (Å²) in [6.07, 6.45) is 1.73. The van der Waals surface area contributed by atoms with E-state index in [-0.39, 0.29) is 23.9 Å². The Labute approximate surface area is 170 Å². The van der Waals surface area contributed by atoms with Crippen molar-refractivity contribution in [2.45, 2.75) is 6.04 Å². The quantitative estimate of drug-likeness (QED) is 0.670. The normalized spacial score (nSPS) is 22.3. The molecule has 2 amide bonds. The van der Waals surface area contributed by atoms with Crippen molar-refractivity contribution in [2.75, 3.05) is 23.3 Å². The number of urea groups is 1. The summed E-state index contributed by atoms with van der Waals surface area (Å²) in [4.78, 5) is 18.7. The average Bonchev–Trinajstić information content (AvgIpc) is 3.13. The van der Waals surface area contributed by atoms with Gasteiger partial charge in [-0.05, 0) is 24.3 Å². The zero-order valence-corrected chi connectivity index (χ0v) is 16.1. The minimum atomic E-state index is -0.579. The van der Waals surface area contributed by atoms with E-state index in [2.05, 4.69) is 15.6 Å². The van der Waals surface area contributed by atoms with E-state index in [0.717, 1.165) is 16.6 Å². The number of rotatable bonds is 4. The predicted molar refractivity (Wildman–Crippen MR) is 109 cm³/mol. The third kappa shape index (κ3) is 3.44. The summed E-state index contributed by atoms with van der Waals surface area (Å²) < 4.78 is 27.1. The second-order valence-corrected chi connectivity index (χ2v) is 8.23. The number of hydrogen-bond acceptors (Lipinski definition) is 4. The van der Waals surface area contributed by atoms with Gasteiger partial charge >= 0.3 is 6.03 Å². The Hall–Kier alpha value is -3.00. The summed E-state index contributed by atoms with van der Waals surface area (Å²) >= 11 is 1.51. The van der Waals surface area contributed by atoms with E-state index in [0.29, 0.717) is 24.5 Å². The highest BCUT2D eigenvalue weighted by Gasteiger charge is 2.56. The topological polar surface area (TPSA) is 57.3 Å². The number of nitrogens with zero attached hydrogens (tertiary/aromatic N) is 2. The van der Waals surface area contributed by atoms with Crippen molar-refractivity contribution in [3.05, 3.63) is 65.7 Å². The van der Waals surface area contributed by atoms with E-state index >= 15 is 0 Å². The fourth-order valence-electron chi connectivity index (χ4n) is 4.12. The highest BCUT2D eigenvalue weighted by molar-refractivity contribution is 7.13. The number of carbonyl (C=O) groups is 1. The minimum absolute atomic E-state index is 0.0711. The maximum atomic E-state index is 14.0. The lowest BCUT2D eigenvalue weighted by molar-refractivity contribution is 0.250. The van der Waals surface area contributed by atoms with Gasteiger partial charge in [-0.1, -0.05) is 12.1 Å². The van der Waals surface area contributed by atoms with Crippen LogP contribution in [0, 0.1) is 23.5 Å². The van der Waals surface area contributed by atoms with Crippen LogP contribution < -0.4 is 15.5 Å². The molecule has 148 valence electrons. The van der Waals surface area contributed by atoms with E-state index in [9.17, 15) is 13.6 Å². The lowest BCUT2D eigenvalue weighted by Crippen LogP contribution is -2.37. The Kier molecular flexibility index (Phi) is 4.43. The molecule has 0 radical (unpaired) electrons. The third-order valence-electron chi connectivity index (χ3n) is 5.58. The molecule has 1 saturated heterocycles. The number of benzene rings is 2. The molecule has 2 aromatic carbocycles. The molecule has 1 aromatic heterocycles. The number of aromatic nitrogens is 1. The first-order valence-electron chi connectivity index (χ1n) is 9.36. The highest BCUT2D eigenvalue weighted by Crippen LogP contribution is 2.47. The van der Waals surface area contributed by atoms with Gasteiger partial charge in [-0.2, -0.15) is 0 Å². The van der Waals surface area contributed by atoms with Crippen molar-refractivity contribution in [3.8, 4) is 10.6 Å². The third-order valence-corrected chi connectivity index (χ3v) is 6.39. The molecule has 3 atom stereocenters. The summed E-state index contributed by atoms with van der Waals surface area (Å²) in [5, 5.41) is 8.69. The van der Waals surface area contributed by atoms with Gasteiger partial charge in [-0.25, -0.2) is 18.6 Å². The van der Waals surface area contributed by atoms with Crippen LogP contribution in [0.15, 0.2) is 54.0 Å². The Bertz CT molecular complexity index is 1050. The van der Waals surface area contributed by atoms with E-state index < -0.39 is 11.6 Å². The van der Waals surface area contributed by atoms with E-state index in [4.69, 9.17) is 0 Å². The molecule has 2 N–H and O–H groups in total. The summed E-state index contributed by atoms with van der Waals surface area (Å²) in [6, 6.07) is 11.0. The first-order chi connectivity index (χ1) is 14.1. The van der Waals surface area contributed by atoms with Gasteiger partial charge in [0.1, 0.15) is 16.6 Å². The van der Waals surface area contributed by atoms with Gasteiger partial charge < -0.3 is 15.5 Å². The summed E-state index contributed by atoms with van der Waals surface area (Å²) in [7, 11) is 0. The lowest BCUT2D eigenvalue weighted by Gasteiger charge is -2.23. The number of nitrogens with one attached hydrogen (secondary N) is 2. The monoisotopic (exact) mass is 412 g/mol. The number of amides is 2. The maximum Gasteiger partial charge on any atom is 0.319 e. The second kappa shape index (κ2) is 7.11. The first-order valence-corrected chi connectivity index (χ1v) is 10.2. The van der Waals surface area contributed by atoms with E-state index in [1.54, 1.807) is 6.20 Å². The van der Waals surface area contributed by atoms with Gasteiger partial charge in [0.05, 0.1) is 11.4 Å². The average molecular weight is 412 g/mol. The number of para-hydroxylation sites is 1. The van der Waals surface area contributed by atoms with Crippen LogP contribution in [0.2, 0.25) is 0 Å². The van der Waals surface area contributed by atoms with Crippen LogP contribution in [0.5, 0.6) is 0 Å². The molecule has 1 aliphatic carbocycles. The molecular formula is C21H18F2N4OS. The van der Waals surface area contributed by atoms with Crippen molar-refractivity contribution in [1.82, 2.24) is 10.3 Å². The molecule has 5 rings (SSSR count). The number of anilines is 2. The first kappa shape index (κ1) is 18.1. The van der Waals surface area contributed by atoms with Crippen molar-refractivity contribution in [1.29, 1.82) is 0 Å². The fourth-order valence-corrected chi connectivity index (χ4v) is 4.80. The van der Waals surface area contributed by atoms with Crippen LogP contribution in [0.4, 0.5) is 25.0 Å². The molecule has 0 spiro atoms. The molecule has 29 heavy (non-hydrogen) atoms. The SMILES string of the molecule is O=C(Nc1ccccc1-c1nccs1)N[C@H]1[C@@H]2CN(c3ccc(F)cc3F)C[C@@H]21. The standard InChI is InChI=1S/C21H18F2N4OS/c22-12-5-6-18(16(23)9-12)27-10-14-15(11-27)19(14)26-21(28)25-17-4-2-1-3-13(17)20-24-7-8-29-20/h1-9,14-15,19H,10-11H2,(H2,25,26,28)/t14-,15+,19+. The number of hydrogen-bond donors (Lipinski definition) is 2. The lowest BCUT2D eigenvalue weighted by atomic mass is 10.2. The molecule has 0 unspecified atom stereocenters. The zero-order valence-electron chi connectivity index (χ0n) is 15.3. The van der Waals surface area contributed by atoms with Crippen molar-refractivity contribution in [3.63, 3.8) is 0 Å². The Balaban J connectivity index is 1.20. The highest BCUT2D eigenvalue weighted by atomic mass is 32.1. The maximum absolute atomic E-state index is 14.0. The van der Waals surface area contributed by atoms with Gasteiger partial charge in [0.15, 0.2) is 0 Å². The summed E-state index contributed by atoms with van der Waals surface area (Å²) in [5.41, 5.74) is 2.01. The summed E-state index contributed by atoms with van der Waals surface area (Å²) in [5.74, 6) is -0.573. The molecule has 2 fully saturated rings. The predicted octanol–water partition coefficient (Wildman–Crippen LogP) is 4.34. The molecule has 1 saturated carbocycles. The number of piperidine rings is 1. The Morgan fingerprint density at radius 2 is 1.93 bits per heavy atom. The smallest absolute Gasteiger partial charge is 0.319 e. The van der Waals surface area contributed by atoms with Crippen LogP contribution >= 0.6 is 11.3 Å². The number of carbonyl (C=O) groups excluding carboxylic acids is 1. The molecule has 1 aliphatic heterocycles. The van der Waals surface area contributed by atoms with Gasteiger partial charge in [-0.3, -0.25) is 0 Å². The molecular weight excluding hydrogens is 394 g/mol. The molecule has 0 bridgehead atoms. The van der Waals surface area contributed by atoms with Crippen LogP contribution in [-0.4, -0.2) is 30.1 Å². The van der Waals surface area contributed by atoms with Gasteiger partial charge in [0.25, 0.3) is 0 Å². The number of halogens is 2.